The first-order valence-electron chi connectivity index (χ1n) is 5.67. The Labute approximate surface area is 105 Å². The highest BCUT2D eigenvalue weighted by atomic mass is 19.1. The van der Waals surface area contributed by atoms with Gasteiger partial charge < -0.3 is 25.3 Å². The number of amides is 1. The predicted octanol–water partition coefficient (Wildman–Crippen LogP) is 0.0121. The standard InChI is InChI=1S/C10H20F2N2O4/c11-9(7-14-10(12)15)8-18-6-5-17-4-3-16-2-1-13/h9H,1-8,13H2,(H,14,15). The number of carbonyl (C=O) groups is 1. The molecule has 0 aliphatic rings. The molecule has 1 amide bonds. The fraction of sp³-hybridized carbons (Fsp3) is 0.900. The Morgan fingerprint density at radius 3 is 2.22 bits per heavy atom. The molecule has 8 heteroatoms. The Balaban J connectivity index is 3.12. The van der Waals surface area contributed by atoms with Gasteiger partial charge in [-0.3, -0.25) is 0 Å². The monoisotopic (exact) mass is 270 g/mol. The van der Waals surface area contributed by atoms with Crippen LogP contribution in [-0.4, -0.2) is 65.1 Å². The van der Waals surface area contributed by atoms with Crippen LogP contribution in [0.1, 0.15) is 0 Å². The van der Waals surface area contributed by atoms with Gasteiger partial charge >= 0.3 is 6.16 Å². The molecular formula is C10H20F2N2O4. The maximum atomic E-state index is 12.9. The van der Waals surface area contributed by atoms with Gasteiger partial charge in [0.15, 0.2) is 0 Å². The molecule has 0 aromatic heterocycles. The third-order valence-corrected chi connectivity index (χ3v) is 1.77. The van der Waals surface area contributed by atoms with Gasteiger partial charge in [-0.25, -0.2) is 9.18 Å². The molecule has 6 nitrogen and oxygen atoms in total. The van der Waals surface area contributed by atoms with E-state index in [4.69, 9.17) is 19.9 Å². The minimum atomic E-state index is -1.75. The summed E-state index contributed by atoms with van der Waals surface area (Å²) < 4.78 is 39.7. The normalized spacial score (nSPS) is 12.4. The van der Waals surface area contributed by atoms with E-state index in [0.717, 1.165) is 0 Å². The Kier molecular flexibility index (Phi) is 12.0. The van der Waals surface area contributed by atoms with Crippen LogP contribution in [0.15, 0.2) is 0 Å². The number of carbonyl (C=O) groups excluding carboxylic acids is 1. The molecule has 0 saturated carbocycles. The van der Waals surface area contributed by atoms with Gasteiger partial charge in [0.25, 0.3) is 0 Å². The van der Waals surface area contributed by atoms with E-state index in [1.165, 1.54) is 0 Å². The van der Waals surface area contributed by atoms with Crippen molar-refractivity contribution in [2.24, 2.45) is 5.73 Å². The summed E-state index contributed by atoms with van der Waals surface area (Å²) in [5.41, 5.74) is 5.21. The largest absolute Gasteiger partial charge is 0.397 e. The SMILES string of the molecule is NCCOCCOCCOCC(F)CNC(=O)F. The summed E-state index contributed by atoms with van der Waals surface area (Å²) in [4.78, 5) is 9.85. The van der Waals surface area contributed by atoms with Crippen LogP contribution in [0.3, 0.4) is 0 Å². The first-order valence-corrected chi connectivity index (χ1v) is 5.67. The van der Waals surface area contributed by atoms with Gasteiger partial charge in [-0.15, -0.1) is 4.39 Å². The highest BCUT2D eigenvalue weighted by Gasteiger charge is 2.07. The molecule has 0 radical (unpaired) electrons. The zero-order valence-electron chi connectivity index (χ0n) is 10.2. The zero-order valence-corrected chi connectivity index (χ0v) is 10.2. The minimum absolute atomic E-state index is 0.215. The van der Waals surface area contributed by atoms with Crippen molar-refractivity contribution in [2.45, 2.75) is 6.17 Å². The van der Waals surface area contributed by atoms with Crippen LogP contribution in [0.5, 0.6) is 0 Å². The van der Waals surface area contributed by atoms with Crippen LogP contribution in [0.2, 0.25) is 0 Å². The molecule has 108 valence electrons. The van der Waals surface area contributed by atoms with Crippen molar-refractivity contribution in [2.75, 3.05) is 52.7 Å². The molecule has 0 rings (SSSR count). The number of nitrogens with one attached hydrogen (secondary N) is 1. The maximum absolute atomic E-state index is 12.9. The van der Waals surface area contributed by atoms with Crippen LogP contribution < -0.4 is 11.1 Å². The molecule has 0 aromatic carbocycles. The molecule has 0 fully saturated rings. The summed E-state index contributed by atoms with van der Waals surface area (Å²) in [7, 11) is 0. The summed E-state index contributed by atoms with van der Waals surface area (Å²) in [6.45, 7) is 1.75. The van der Waals surface area contributed by atoms with E-state index in [-0.39, 0.29) is 13.2 Å². The third-order valence-electron chi connectivity index (χ3n) is 1.77. The van der Waals surface area contributed by atoms with Gasteiger partial charge in [-0.1, -0.05) is 0 Å². The number of nitrogens with two attached hydrogens (primary N) is 1. The average molecular weight is 270 g/mol. The third kappa shape index (κ3) is 13.2. The molecule has 18 heavy (non-hydrogen) atoms. The van der Waals surface area contributed by atoms with Crippen molar-refractivity contribution in [1.29, 1.82) is 0 Å². The molecule has 0 spiro atoms. The summed E-state index contributed by atoms with van der Waals surface area (Å²) in [6.07, 6.45) is -3.18. The summed E-state index contributed by atoms with van der Waals surface area (Å²) in [5.74, 6) is 0. The van der Waals surface area contributed by atoms with E-state index in [1.807, 2.05) is 0 Å². The highest BCUT2D eigenvalue weighted by Crippen LogP contribution is 1.91. The van der Waals surface area contributed by atoms with Crippen LogP contribution in [0.25, 0.3) is 0 Å². The number of rotatable bonds is 12. The molecular weight excluding hydrogens is 250 g/mol. The van der Waals surface area contributed by atoms with Crippen LogP contribution in [0.4, 0.5) is 13.6 Å². The molecule has 1 atom stereocenters. The number of ether oxygens (including phenoxy) is 3. The fourth-order valence-electron chi connectivity index (χ4n) is 0.984. The smallest absolute Gasteiger partial charge is 0.378 e. The van der Waals surface area contributed by atoms with Crippen molar-refractivity contribution in [1.82, 2.24) is 5.32 Å². The van der Waals surface area contributed by atoms with Gasteiger partial charge in [0.1, 0.15) is 6.17 Å². The lowest BCUT2D eigenvalue weighted by atomic mass is 10.4. The number of alkyl halides is 1. The van der Waals surface area contributed by atoms with Crippen molar-refractivity contribution in [3.63, 3.8) is 0 Å². The van der Waals surface area contributed by atoms with Crippen molar-refractivity contribution >= 4 is 6.16 Å². The van der Waals surface area contributed by atoms with E-state index >= 15 is 0 Å². The van der Waals surface area contributed by atoms with E-state index in [2.05, 4.69) is 0 Å². The van der Waals surface area contributed by atoms with Crippen LogP contribution in [-0.2, 0) is 14.2 Å². The van der Waals surface area contributed by atoms with Gasteiger partial charge in [-0.05, 0) is 0 Å². The molecule has 0 aliphatic carbocycles. The van der Waals surface area contributed by atoms with Crippen molar-refractivity contribution < 1.29 is 27.8 Å². The average Bonchev–Trinajstić information content (AvgIpc) is 2.34. The molecule has 0 aliphatic heterocycles. The second-order valence-corrected chi connectivity index (χ2v) is 3.34. The summed E-state index contributed by atoms with van der Waals surface area (Å²) >= 11 is 0. The lowest BCUT2D eigenvalue weighted by Gasteiger charge is -2.09. The van der Waals surface area contributed by atoms with E-state index < -0.39 is 18.9 Å². The van der Waals surface area contributed by atoms with E-state index in [9.17, 15) is 13.6 Å². The first kappa shape index (κ1) is 17.2. The second kappa shape index (κ2) is 12.6. The topological polar surface area (TPSA) is 82.8 Å². The van der Waals surface area contributed by atoms with Gasteiger partial charge in [-0.2, -0.15) is 0 Å². The molecule has 0 saturated heterocycles. The number of hydrogen-bond donors (Lipinski definition) is 2. The molecule has 3 N–H and O–H groups in total. The lowest BCUT2D eigenvalue weighted by molar-refractivity contribution is 0.00503. The fourth-order valence-corrected chi connectivity index (χ4v) is 0.984. The predicted molar refractivity (Wildman–Crippen MR) is 60.9 cm³/mol. The van der Waals surface area contributed by atoms with Gasteiger partial charge in [0.2, 0.25) is 0 Å². The highest BCUT2D eigenvalue weighted by molar-refractivity contribution is 5.65. The summed E-state index contributed by atoms with van der Waals surface area (Å²) in [6, 6.07) is 0. The van der Waals surface area contributed by atoms with E-state index in [1.54, 1.807) is 5.32 Å². The number of hydrogen-bond acceptors (Lipinski definition) is 5. The molecule has 1 unspecified atom stereocenters. The number of halogens is 2. The zero-order chi connectivity index (χ0) is 13.6. The van der Waals surface area contributed by atoms with Gasteiger partial charge in [0.05, 0.1) is 46.2 Å². The Morgan fingerprint density at radius 1 is 1.11 bits per heavy atom. The maximum Gasteiger partial charge on any atom is 0.397 e. The first-order chi connectivity index (χ1) is 8.66. The molecule has 0 aromatic rings. The van der Waals surface area contributed by atoms with Crippen molar-refractivity contribution in [3.05, 3.63) is 0 Å². The molecule has 0 bridgehead atoms. The van der Waals surface area contributed by atoms with Gasteiger partial charge in [0, 0.05) is 6.54 Å². The quantitative estimate of drug-likeness (QED) is 0.296. The van der Waals surface area contributed by atoms with Crippen LogP contribution >= 0.6 is 0 Å². The van der Waals surface area contributed by atoms with E-state index in [0.29, 0.717) is 33.0 Å². The summed E-state index contributed by atoms with van der Waals surface area (Å²) in [5, 5.41) is 1.71. The Morgan fingerprint density at radius 2 is 1.67 bits per heavy atom. The van der Waals surface area contributed by atoms with Crippen molar-refractivity contribution in [3.8, 4) is 0 Å². The second-order valence-electron chi connectivity index (χ2n) is 3.34. The Bertz CT molecular complexity index is 210. The Hall–Kier alpha value is -0.830. The molecule has 0 heterocycles. The minimum Gasteiger partial charge on any atom is -0.378 e. The van der Waals surface area contributed by atoms with Crippen LogP contribution in [0, 0.1) is 0 Å². The lowest BCUT2D eigenvalue weighted by Crippen LogP contribution is -2.29.